The molecule has 0 saturated heterocycles. The van der Waals surface area contributed by atoms with Crippen LogP contribution in [0.3, 0.4) is 0 Å². The smallest absolute Gasteiger partial charge is 0.407 e. The first-order valence-corrected chi connectivity index (χ1v) is 9.67. The molecule has 3 heteroatoms. The van der Waals surface area contributed by atoms with Crippen molar-refractivity contribution in [3.05, 3.63) is 0 Å². The molecule has 0 aromatic carbocycles. The third-order valence-electron chi connectivity index (χ3n) is 4.86. The zero-order valence-corrected chi connectivity index (χ0v) is 16.2. The summed E-state index contributed by atoms with van der Waals surface area (Å²) in [6.45, 7) is 12.0. The van der Waals surface area contributed by atoms with E-state index in [1.165, 1.54) is 44.9 Å². The zero-order chi connectivity index (χ0) is 17.3. The van der Waals surface area contributed by atoms with Crippen LogP contribution in [0.2, 0.25) is 0 Å². The number of carbonyl (C=O) groups excluding carboxylic acids is 1. The summed E-state index contributed by atoms with van der Waals surface area (Å²) in [5.74, 6) is 0. The van der Waals surface area contributed by atoms with E-state index in [2.05, 4.69) is 39.9 Å². The van der Waals surface area contributed by atoms with E-state index in [0.717, 1.165) is 19.3 Å². The summed E-state index contributed by atoms with van der Waals surface area (Å²) in [6.07, 6.45) is 11.8. The number of nitrogens with one attached hydrogen (secondary N) is 1. The van der Waals surface area contributed by atoms with Crippen molar-refractivity contribution in [2.45, 2.75) is 105 Å². The molecule has 3 nitrogen and oxygen atoms in total. The molecular weight excluding hydrogens is 286 g/mol. The quantitative estimate of drug-likeness (QED) is 0.523. The number of unbranched alkanes of at least 4 members (excludes halogenated alkanes) is 6. The molecule has 1 aliphatic rings. The highest BCUT2D eigenvalue weighted by atomic mass is 16.5. The number of alkyl carbamates (subject to hydrolysis) is 1. The van der Waals surface area contributed by atoms with Crippen LogP contribution >= 0.6 is 0 Å². The van der Waals surface area contributed by atoms with Gasteiger partial charge in [-0.1, -0.05) is 73.1 Å². The Morgan fingerprint density at radius 1 is 0.957 bits per heavy atom. The van der Waals surface area contributed by atoms with Gasteiger partial charge in [-0.3, -0.25) is 0 Å². The van der Waals surface area contributed by atoms with Gasteiger partial charge in [0.15, 0.2) is 0 Å². The van der Waals surface area contributed by atoms with Gasteiger partial charge in [0.25, 0.3) is 0 Å². The first kappa shape index (κ1) is 20.3. The normalized spacial score (nSPS) is 20.2. The summed E-state index contributed by atoms with van der Waals surface area (Å²) >= 11 is 0. The second-order valence-electron chi connectivity index (χ2n) is 9.01. The Labute approximate surface area is 143 Å². The average Bonchev–Trinajstić information content (AvgIpc) is 2.38. The molecule has 1 aliphatic carbocycles. The van der Waals surface area contributed by atoms with Crippen LogP contribution in [-0.4, -0.2) is 18.7 Å². The maximum Gasteiger partial charge on any atom is 0.407 e. The van der Waals surface area contributed by atoms with E-state index in [1.54, 1.807) is 0 Å². The molecule has 1 amide bonds. The Hall–Kier alpha value is -0.730. The second-order valence-corrected chi connectivity index (χ2v) is 9.01. The van der Waals surface area contributed by atoms with Crippen molar-refractivity contribution in [3.63, 3.8) is 0 Å². The van der Waals surface area contributed by atoms with Crippen LogP contribution in [0.15, 0.2) is 0 Å². The summed E-state index contributed by atoms with van der Waals surface area (Å²) in [5, 5.41) is 3.09. The van der Waals surface area contributed by atoms with E-state index in [1.807, 2.05) is 0 Å². The minimum Gasteiger partial charge on any atom is -0.450 e. The molecule has 0 atom stereocenters. The van der Waals surface area contributed by atoms with Crippen molar-refractivity contribution in [2.75, 3.05) is 6.61 Å². The standard InChI is InChI=1S/C20H39NO2/c1-6-7-8-9-10-11-12-13-23-18(22)21-17-14-19(2,3)16-20(4,5)15-17/h17H,6-16H2,1-5H3,(H,21,22). The van der Waals surface area contributed by atoms with Gasteiger partial charge in [-0.15, -0.1) is 0 Å². The summed E-state index contributed by atoms with van der Waals surface area (Å²) in [7, 11) is 0. The lowest BCUT2D eigenvalue weighted by atomic mass is 9.63. The van der Waals surface area contributed by atoms with Crippen LogP contribution in [0.1, 0.15) is 98.8 Å². The topological polar surface area (TPSA) is 38.3 Å². The van der Waals surface area contributed by atoms with Gasteiger partial charge in [0, 0.05) is 6.04 Å². The molecule has 1 N–H and O–H groups in total. The first-order chi connectivity index (χ1) is 10.7. The van der Waals surface area contributed by atoms with Crippen molar-refractivity contribution in [2.24, 2.45) is 10.8 Å². The number of carbonyl (C=O) groups is 1. The highest BCUT2D eigenvalue weighted by molar-refractivity contribution is 5.67. The van der Waals surface area contributed by atoms with Crippen molar-refractivity contribution >= 4 is 6.09 Å². The van der Waals surface area contributed by atoms with Crippen LogP contribution in [0.4, 0.5) is 4.79 Å². The number of ether oxygens (including phenoxy) is 1. The molecule has 0 bridgehead atoms. The van der Waals surface area contributed by atoms with Crippen molar-refractivity contribution in [1.29, 1.82) is 0 Å². The maximum absolute atomic E-state index is 12.0. The lowest BCUT2D eigenvalue weighted by molar-refractivity contribution is 0.0771. The molecule has 0 aliphatic heterocycles. The zero-order valence-electron chi connectivity index (χ0n) is 16.2. The van der Waals surface area contributed by atoms with E-state index in [9.17, 15) is 4.79 Å². The number of hydrogen-bond donors (Lipinski definition) is 1. The third-order valence-corrected chi connectivity index (χ3v) is 4.86. The summed E-state index contributed by atoms with van der Waals surface area (Å²) in [4.78, 5) is 12.0. The average molecular weight is 326 g/mol. The van der Waals surface area contributed by atoms with E-state index in [0.29, 0.717) is 6.61 Å². The molecule has 136 valence electrons. The lowest BCUT2D eigenvalue weighted by Gasteiger charge is -2.44. The van der Waals surface area contributed by atoms with Crippen LogP contribution in [0.25, 0.3) is 0 Å². The van der Waals surface area contributed by atoms with Gasteiger partial charge in [-0.05, 0) is 36.5 Å². The SMILES string of the molecule is CCCCCCCCCOC(=O)NC1CC(C)(C)CC(C)(C)C1. The highest BCUT2D eigenvalue weighted by Crippen LogP contribution is 2.45. The van der Waals surface area contributed by atoms with Gasteiger partial charge >= 0.3 is 6.09 Å². The van der Waals surface area contributed by atoms with Crippen LogP contribution in [0.5, 0.6) is 0 Å². The fourth-order valence-electron chi connectivity index (χ4n) is 4.38. The largest absolute Gasteiger partial charge is 0.450 e. The fraction of sp³-hybridized carbons (Fsp3) is 0.950. The van der Waals surface area contributed by atoms with Crippen molar-refractivity contribution in [1.82, 2.24) is 5.32 Å². The van der Waals surface area contributed by atoms with E-state index < -0.39 is 0 Å². The van der Waals surface area contributed by atoms with Crippen molar-refractivity contribution < 1.29 is 9.53 Å². The van der Waals surface area contributed by atoms with E-state index in [-0.39, 0.29) is 23.0 Å². The van der Waals surface area contributed by atoms with E-state index in [4.69, 9.17) is 4.74 Å². The Kier molecular flexibility index (Phi) is 8.42. The number of hydrogen-bond acceptors (Lipinski definition) is 2. The van der Waals surface area contributed by atoms with Crippen LogP contribution in [-0.2, 0) is 4.74 Å². The van der Waals surface area contributed by atoms with Gasteiger partial charge in [-0.2, -0.15) is 0 Å². The molecule has 0 radical (unpaired) electrons. The minimum atomic E-state index is -0.227. The summed E-state index contributed by atoms with van der Waals surface area (Å²) < 4.78 is 5.36. The van der Waals surface area contributed by atoms with Crippen LogP contribution < -0.4 is 5.32 Å². The lowest BCUT2D eigenvalue weighted by Crippen LogP contribution is -2.46. The fourth-order valence-corrected chi connectivity index (χ4v) is 4.38. The second kappa shape index (κ2) is 9.54. The van der Waals surface area contributed by atoms with Gasteiger partial charge in [-0.25, -0.2) is 4.79 Å². The number of amides is 1. The van der Waals surface area contributed by atoms with Crippen molar-refractivity contribution in [3.8, 4) is 0 Å². The monoisotopic (exact) mass is 325 g/mol. The molecule has 0 heterocycles. The van der Waals surface area contributed by atoms with Gasteiger partial charge in [0.05, 0.1) is 6.61 Å². The van der Waals surface area contributed by atoms with Gasteiger partial charge in [0.1, 0.15) is 0 Å². The molecule has 23 heavy (non-hydrogen) atoms. The van der Waals surface area contributed by atoms with E-state index >= 15 is 0 Å². The predicted molar refractivity (Wildman–Crippen MR) is 97.7 cm³/mol. The Bertz CT molecular complexity index is 334. The molecular formula is C20H39NO2. The van der Waals surface area contributed by atoms with Crippen LogP contribution in [0, 0.1) is 10.8 Å². The highest BCUT2D eigenvalue weighted by Gasteiger charge is 2.39. The van der Waals surface area contributed by atoms with Gasteiger partial charge < -0.3 is 10.1 Å². The first-order valence-electron chi connectivity index (χ1n) is 9.67. The summed E-state index contributed by atoms with van der Waals surface area (Å²) in [6, 6.07) is 0.246. The molecule has 0 aromatic rings. The molecule has 0 spiro atoms. The molecule has 0 unspecified atom stereocenters. The molecule has 0 aromatic heterocycles. The molecule has 1 saturated carbocycles. The Balaban J connectivity index is 2.14. The molecule has 1 rings (SSSR count). The molecule has 1 fully saturated rings. The number of rotatable bonds is 9. The Morgan fingerprint density at radius 3 is 2.04 bits per heavy atom. The minimum absolute atomic E-state index is 0.227. The summed E-state index contributed by atoms with van der Waals surface area (Å²) in [5.41, 5.74) is 0.580. The maximum atomic E-state index is 12.0. The third kappa shape index (κ3) is 9.22. The van der Waals surface area contributed by atoms with Gasteiger partial charge in [0.2, 0.25) is 0 Å². The predicted octanol–water partition coefficient (Wildman–Crippen LogP) is 6.07. The Morgan fingerprint density at radius 2 is 1.48 bits per heavy atom.